The molecule has 0 amide bonds. The molecule has 4 atom stereocenters. The van der Waals surface area contributed by atoms with E-state index < -0.39 is 78.2 Å². The Morgan fingerprint density at radius 2 is 1.17 bits per heavy atom. The fourth-order valence-corrected chi connectivity index (χ4v) is 5.87. The van der Waals surface area contributed by atoms with Crippen molar-refractivity contribution in [3.8, 4) is 0 Å². The van der Waals surface area contributed by atoms with Gasteiger partial charge in [-0.3, -0.25) is 32.5 Å². The van der Waals surface area contributed by atoms with Gasteiger partial charge in [0.1, 0.15) is 44.6 Å². The largest absolute Gasteiger partial charge is 0.472 e. The number of benzene rings is 2. The second-order valence-corrected chi connectivity index (χ2v) is 15.9. The van der Waals surface area contributed by atoms with Crippen LogP contribution in [-0.4, -0.2) is 111 Å². The minimum atomic E-state index is -5.04. The van der Waals surface area contributed by atoms with Crippen molar-refractivity contribution in [1.29, 1.82) is 0 Å². The molecule has 292 valence electrons. The highest BCUT2D eigenvalue weighted by molar-refractivity contribution is 7.47. The molecule has 0 aliphatic heterocycles. The molecule has 0 bridgehead atoms. The zero-order valence-electron chi connectivity index (χ0n) is 30.2. The Hall–Kier alpha value is -3.01. The molecule has 0 saturated heterocycles. The van der Waals surface area contributed by atoms with Gasteiger partial charge in [0, 0.05) is 12.8 Å². The summed E-state index contributed by atoms with van der Waals surface area (Å²) >= 11 is 0. The highest BCUT2D eigenvalue weighted by atomic mass is 31.2. The van der Waals surface area contributed by atoms with Crippen molar-refractivity contribution < 1.29 is 70.1 Å². The number of carbonyl (C=O) groups excluding carboxylic acids is 3. The van der Waals surface area contributed by atoms with Gasteiger partial charge < -0.3 is 34.2 Å². The average Bonchev–Trinajstić information content (AvgIpc) is 3.07. The van der Waals surface area contributed by atoms with Crippen molar-refractivity contribution in [1.82, 2.24) is 0 Å². The number of likely N-dealkylation sites (N-methyl/N-ethyl adjacent to an activating group) is 1. The maximum atomic E-state index is 13.0. The number of rotatable bonds is 26. The van der Waals surface area contributed by atoms with Crippen molar-refractivity contribution in [2.75, 3.05) is 60.7 Å². The SMILES string of the molecule is C[C@H](N)C(=O)OC(COP(=O)(O)OCC[N+](C)(C)C)COP(=O)(O)OC(COC(=O)CCCc1ccccc1)COC(=O)CCCc1ccccc1. The third kappa shape index (κ3) is 21.5. The number of carbonyl (C=O) groups is 3. The number of ether oxygens (including phenoxy) is 3. The van der Waals surface area contributed by atoms with Crippen LogP contribution in [0.25, 0.3) is 0 Å². The van der Waals surface area contributed by atoms with E-state index in [0.29, 0.717) is 36.7 Å². The van der Waals surface area contributed by atoms with Crippen LogP contribution >= 0.6 is 15.6 Å². The van der Waals surface area contributed by atoms with Crippen LogP contribution in [0.15, 0.2) is 60.7 Å². The summed E-state index contributed by atoms with van der Waals surface area (Å²) in [6.07, 6.45) is -0.613. The van der Waals surface area contributed by atoms with Crippen molar-refractivity contribution in [3.05, 3.63) is 71.8 Å². The first-order valence-corrected chi connectivity index (χ1v) is 19.9. The number of aryl methyl sites for hydroxylation is 2. The highest BCUT2D eigenvalue weighted by Crippen LogP contribution is 2.46. The fourth-order valence-electron chi connectivity index (χ4n) is 4.22. The van der Waals surface area contributed by atoms with E-state index >= 15 is 0 Å². The standard InChI is InChI=1S/C34H52N2O14P2/c1-27(35)34(39)49-30(25-47-51(40,41)46-22-21-36(2,3)4)26-48-52(42,43)50-31(23-44-32(37)19-11-17-28-13-7-5-8-14-28)24-45-33(38)20-12-18-29-15-9-6-10-16-29/h5-10,13-16,27,30-31H,11-12,17-26,35H2,1-4H3,(H-,40,41,42,43)/p+1/t27-,30?/m0/s1. The molecule has 0 aliphatic rings. The van der Waals surface area contributed by atoms with Crippen molar-refractivity contribution in [2.45, 2.75) is 63.7 Å². The van der Waals surface area contributed by atoms with E-state index in [1.54, 1.807) is 0 Å². The van der Waals surface area contributed by atoms with Crippen LogP contribution in [0.5, 0.6) is 0 Å². The summed E-state index contributed by atoms with van der Waals surface area (Å²) in [6, 6.07) is 17.9. The summed E-state index contributed by atoms with van der Waals surface area (Å²) in [5.41, 5.74) is 7.64. The third-order valence-electron chi connectivity index (χ3n) is 7.04. The molecule has 0 spiro atoms. The first-order valence-electron chi connectivity index (χ1n) is 16.9. The van der Waals surface area contributed by atoms with Crippen molar-refractivity contribution in [2.24, 2.45) is 5.73 Å². The van der Waals surface area contributed by atoms with Gasteiger partial charge in [-0.15, -0.1) is 0 Å². The fraction of sp³-hybridized carbons (Fsp3) is 0.559. The molecular weight excluding hydrogens is 722 g/mol. The molecule has 0 radical (unpaired) electrons. The molecule has 2 aromatic carbocycles. The Morgan fingerprint density at radius 3 is 1.62 bits per heavy atom. The Kier molecular flexibility index (Phi) is 19.9. The maximum absolute atomic E-state index is 13.0. The number of nitrogens with zero attached hydrogens (tertiary/aromatic N) is 1. The first kappa shape index (κ1) is 45.1. The van der Waals surface area contributed by atoms with Gasteiger partial charge in [-0.1, -0.05) is 60.7 Å². The van der Waals surface area contributed by atoms with Crippen LogP contribution in [-0.2, 0) is 68.7 Å². The van der Waals surface area contributed by atoms with Gasteiger partial charge in [0.25, 0.3) is 0 Å². The number of esters is 3. The average molecular weight is 776 g/mol. The van der Waals surface area contributed by atoms with Gasteiger partial charge >= 0.3 is 33.6 Å². The highest BCUT2D eigenvalue weighted by Gasteiger charge is 2.33. The summed E-state index contributed by atoms with van der Waals surface area (Å²) in [7, 11) is -4.12. The van der Waals surface area contributed by atoms with Gasteiger partial charge in [-0.25, -0.2) is 9.13 Å². The van der Waals surface area contributed by atoms with Crippen molar-refractivity contribution >= 4 is 33.6 Å². The normalized spacial score (nSPS) is 15.2. The molecule has 0 heterocycles. The predicted octanol–water partition coefficient (Wildman–Crippen LogP) is 3.72. The Labute approximate surface area is 305 Å². The molecular formula is C34H53N2O14P2+. The van der Waals surface area contributed by atoms with E-state index in [4.69, 9.17) is 38.0 Å². The lowest BCUT2D eigenvalue weighted by Crippen LogP contribution is -2.37. The Bertz CT molecular complexity index is 1400. The second kappa shape index (κ2) is 22.9. The van der Waals surface area contributed by atoms with Gasteiger partial charge in [-0.2, -0.15) is 0 Å². The molecule has 2 rings (SSSR count). The quantitative estimate of drug-likeness (QED) is 0.0537. The zero-order chi connectivity index (χ0) is 38.6. The minimum Gasteiger partial charge on any atom is -0.463 e. The Balaban J connectivity index is 2.01. The molecule has 18 heteroatoms. The maximum Gasteiger partial charge on any atom is 0.472 e. The monoisotopic (exact) mass is 775 g/mol. The lowest BCUT2D eigenvalue weighted by Gasteiger charge is -2.25. The molecule has 0 saturated carbocycles. The molecule has 2 aromatic rings. The van der Waals surface area contributed by atoms with Gasteiger partial charge in [0.2, 0.25) is 0 Å². The summed E-state index contributed by atoms with van der Waals surface area (Å²) in [6.45, 7) is -1.17. The number of hydrogen-bond acceptors (Lipinski definition) is 13. The molecule has 52 heavy (non-hydrogen) atoms. The summed E-state index contributed by atoms with van der Waals surface area (Å²) < 4.78 is 61.7. The zero-order valence-corrected chi connectivity index (χ0v) is 32.0. The summed E-state index contributed by atoms with van der Waals surface area (Å²) in [4.78, 5) is 57.8. The summed E-state index contributed by atoms with van der Waals surface area (Å²) in [5.74, 6) is -2.17. The molecule has 3 unspecified atom stereocenters. The van der Waals surface area contributed by atoms with Crippen LogP contribution in [0.3, 0.4) is 0 Å². The van der Waals surface area contributed by atoms with Gasteiger partial charge in [0.15, 0.2) is 0 Å². The Morgan fingerprint density at radius 1 is 0.712 bits per heavy atom. The lowest BCUT2D eigenvalue weighted by molar-refractivity contribution is -0.870. The number of hydrogen-bond donors (Lipinski definition) is 3. The first-order chi connectivity index (χ1) is 24.4. The van der Waals surface area contributed by atoms with E-state index in [-0.39, 0.29) is 19.4 Å². The lowest BCUT2D eigenvalue weighted by atomic mass is 10.1. The minimum absolute atomic E-state index is 0.0501. The van der Waals surface area contributed by atoms with Crippen LogP contribution in [0.4, 0.5) is 0 Å². The van der Waals surface area contributed by atoms with E-state index in [9.17, 15) is 33.3 Å². The van der Waals surface area contributed by atoms with Gasteiger partial charge in [-0.05, 0) is 43.7 Å². The number of nitrogens with two attached hydrogens (primary N) is 1. The predicted molar refractivity (Wildman–Crippen MR) is 189 cm³/mol. The number of phosphoric acid groups is 2. The smallest absolute Gasteiger partial charge is 0.463 e. The topological polar surface area (TPSA) is 216 Å². The van der Waals surface area contributed by atoms with E-state index in [1.165, 1.54) is 6.92 Å². The molecule has 4 N–H and O–H groups in total. The summed E-state index contributed by atoms with van der Waals surface area (Å²) in [5, 5.41) is 0. The number of quaternary nitrogens is 1. The van der Waals surface area contributed by atoms with Crippen LogP contribution in [0.1, 0.15) is 43.7 Å². The van der Waals surface area contributed by atoms with E-state index in [0.717, 1.165) is 11.1 Å². The second-order valence-electron chi connectivity index (χ2n) is 13.0. The van der Waals surface area contributed by atoms with Gasteiger partial charge in [0.05, 0.1) is 34.4 Å². The van der Waals surface area contributed by atoms with E-state index in [1.807, 2.05) is 81.8 Å². The van der Waals surface area contributed by atoms with Crippen molar-refractivity contribution in [3.63, 3.8) is 0 Å². The van der Waals surface area contributed by atoms with Crippen LogP contribution in [0, 0.1) is 0 Å². The molecule has 0 aromatic heterocycles. The van der Waals surface area contributed by atoms with Crippen LogP contribution in [0.2, 0.25) is 0 Å². The van der Waals surface area contributed by atoms with Crippen LogP contribution < -0.4 is 5.73 Å². The molecule has 0 aliphatic carbocycles. The third-order valence-corrected chi connectivity index (χ3v) is 9.06. The van der Waals surface area contributed by atoms with E-state index in [2.05, 4.69) is 0 Å². The number of phosphoric ester groups is 2. The molecule has 16 nitrogen and oxygen atoms in total. The molecule has 0 fully saturated rings.